The van der Waals surface area contributed by atoms with E-state index in [1.54, 1.807) is 7.05 Å². The molecule has 0 fully saturated rings. The van der Waals surface area contributed by atoms with Gasteiger partial charge in [-0.2, -0.15) is 0 Å². The Morgan fingerprint density at radius 1 is 1.81 bits per heavy atom. The number of aliphatic carboxylic acids is 1. The standard InChI is InChI=1S/C11H15BrFNO2/c1-11(9(14-2)6-10(15)16)4-3-7(13)5-8(11)12/h3,5,9,14H,4,6H2,1-2H3,(H,15,16). The van der Waals surface area contributed by atoms with Crippen LogP contribution in [0.1, 0.15) is 19.8 Å². The molecule has 5 heteroatoms. The molecule has 1 rings (SSSR count). The third-order valence-electron chi connectivity index (χ3n) is 3.03. The van der Waals surface area contributed by atoms with Crippen molar-refractivity contribution in [2.75, 3.05) is 7.05 Å². The van der Waals surface area contributed by atoms with Crippen LogP contribution in [0.3, 0.4) is 0 Å². The second-order valence-corrected chi connectivity index (χ2v) is 5.00. The molecule has 1 aliphatic carbocycles. The van der Waals surface area contributed by atoms with Gasteiger partial charge in [0, 0.05) is 15.9 Å². The lowest BCUT2D eigenvalue weighted by Crippen LogP contribution is -2.44. The smallest absolute Gasteiger partial charge is 0.304 e. The van der Waals surface area contributed by atoms with E-state index in [0.717, 1.165) is 0 Å². The van der Waals surface area contributed by atoms with Crippen LogP contribution in [-0.4, -0.2) is 24.2 Å². The van der Waals surface area contributed by atoms with Crippen molar-refractivity contribution in [3.05, 3.63) is 22.5 Å². The van der Waals surface area contributed by atoms with Crippen LogP contribution in [0.5, 0.6) is 0 Å². The summed E-state index contributed by atoms with van der Waals surface area (Å²) in [6, 6.07) is -0.236. The molecule has 0 spiro atoms. The lowest BCUT2D eigenvalue weighted by molar-refractivity contribution is -0.138. The lowest BCUT2D eigenvalue weighted by Gasteiger charge is -2.37. The van der Waals surface area contributed by atoms with E-state index < -0.39 is 11.4 Å². The molecule has 1 aliphatic rings. The van der Waals surface area contributed by atoms with Gasteiger partial charge >= 0.3 is 5.97 Å². The summed E-state index contributed by atoms with van der Waals surface area (Å²) in [6.45, 7) is 1.92. The van der Waals surface area contributed by atoms with Crippen LogP contribution < -0.4 is 5.32 Å². The highest BCUT2D eigenvalue weighted by atomic mass is 79.9. The van der Waals surface area contributed by atoms with E-state index in [1.165, 1.54) is 12.2 Å². The summed E-state index contributed by atoms with van der Waals surface area (Å²) in [5.41, 5.74) is -0.414. The predicted molar refractivity (Wildman–Crippen MR) is 64.0 cm³/mol. The van der Waals surface area contributed by atoms with Gasteiger partial charge in [0.25, 0.3) is 0 Å². The minimum atomic E-state index is -0.865. The maximum Gasteiger partial charge on any atom is 0.304 e. The van der Waals surface area contributed by atoms with Crippen LogP contribution in [0.25, 0.3) is 0 Å². The highest BCUT2D eigenvalue weighted by Gasteiger charge is 2.38. The van der Waals surface area contributed by atoms with Crippen molar-refractivity contribution in [2.24, 2.45) is 5.41 Å². The minimum absolute atomic E-state index is 0.00536. The Hall–Kier alpha value is -0.680. The Balaban J connectivity index is 2.92. The molecule has 0 bridgehead atoms. The molecule has 2 unspecified atom stereocenters. The Labute approximate surface area is 103 Å². The van der Waals surface area contributed by atoms with E-state index in [9.17, 15) is 9.18 Å². The zero-order chi connectivity index (χ0) is 12.3. The average Bonchev–Trinajstić information content (AvgIpc) is 2.20. The van der Waals surface area contributed by atoms with E-state index >= 15 is 0 Å². The third kappa shape index (κ3) is 2.71. The van der Waals surface area contributed by atoms with Crippen LogP contribution >= 0.6 is 15.9 Å². The van der Waals surface area contributed by atoms with Gasteiger partial charge in [-0.1, -0.05) is 22.9 Å². The van der Waals surface area contributed by atoms with Crippen molar-refractivity contribution >= 4 is 21.9 Å². The van der Waals surface area contributed by atoms with Gasteiger partial charge in [-0.25, -0.2) is 4.39 Å². The molecule has 16 heavy (non-hydrogen) atoms. The van der Waals surface area contributed by atoms with Gasteiger partial charge in [0.05, 0.1) is 6.42 Å². The van der Waals surface area contributed by atoms with E-state index in [2.05, 4.69) is 21.2 Å². The first-order valence-electron chi connectivity index (χ1n) is 5.02. The summed E-state index contributed by atoms with van der Waals surface area (Å²) in [4.78, 5) is 10.8. The zero-order valence-corrected chi connectivity index (χ0v) is 10.8. The van der Waals surface area contributed by atoms with Gasteiger partial charge < -0.3 is 10.4 Å². The van der Waals surface area contributed by atoms with Crippen molar-refractivity contribution in [1.82, 2.24) is 5.32 Å². The molecule has 2 atom stereocenters. The summed E-state index contributed by atoms with van der Waals surface area (Å²) < 4.78 is 13.7. The number of carboxylic acid groups (broad SMARTS) is 1. The molecule has 2 N–H and O–H groups in total. The van der Waals surface area contributed by atoms with Gasteiger partial charge in [-0.15, -0.1) is 0 Å². The van der Waals surface area contributed by atoms with Crippen molar-refractivity contribution in [3.8, 4) is 0 Å². The summed E-state index contributed by atoms with van der Waals surface area (Å²) in [5, 5.41) is 11.8. The summed E-state index contributed by atoms with van der Waals surface area (Å²) in [5.74, 6) is -1.15. The Morgan fingerprint density at radius 2 is 2.44 bits per heavy atom. The molecule has 0 aromatic heterocycles. The number of allylic oxidation sites excluding steroid dienone is 3. The molecule has 0 saturated carbocycles. The fourth-order valence-electron chi connectivity index (χ4n) is 1.88. The molecule has 0 aromatic carbocycles. The number of carboxylic acids is 1. The Kier molecular flexibility index (Phi) is 4.27. The van der Waals surface area contributed by atoms with Crippen molar-refractivity contribution in [3.63, 3.8) is 0 Å². The van der Waals surface area contributed by atoms with Gasteiger partial charge in [-0.05, 0) is 25.6 Å². The normalized spacial score (nSPS) is 27.0. The van der Waals surface area contributed by atoms with Crippen LogP contribution in [-0.2, 0) is 4.79 Å². The van der Waals surface area contributed by atoms with Crippen LogP contribution in [0.4, 0.5) is 4.39 Å². The number of hydrogen-bond donors (Lipinski definition) is 2. The summed E-state index contributed by atoms with van der Waals surface area (Å²) in [6.07, 6.45) is 3.37. The number of nitrogens with one attached hydrogen (secondary N) is 1. The lowest BCUT2D eigenvalue weighted by atomic mass is 9.75. The molecule has 0 heterocycles. The van der Waals surface area contributed by atoms with Crippen LogP contribution in [0.2, 0.25) is 0 Å². The monoisotopic (exact) mass is 291 g/mol. The van der Waals surface area contributed by atoms with E-state index in [1.807, 2.05) is 6.92 Å². The molecule has 0 aromatic rings. The maximum atomic E-state index is 13.0. The minimum Gasteiger partial charge on any atom is -0.481 e. The Morgan fingerprint density at radius 3 is 2.88 bits per heavy atom. The fourth-order valence-corrected chi connectivity index (χ4v) is 2.54. The number of hydrogen-bond acceptors (Lipinski definition) is 2. The fraction of sp³-hybridized carbons (Fsp3) is 0.545. The van der Waals surface area contributed by atoms with Gasteiger partial charge in [0.15, 0.2) is 0 Å². The van der Waals surface area contributed by atoms with Gasteiger partial charge in [-0.3, -0.25) is 4.79 Å². The average molecular weight is 292 g/mol. The second-order valence-electron chi connectivity index (χ2n) is 4.14. The van der Waals surface area contributed by atoms with Crippen molar-refractivity contribution in [2.45, 2.75) is 25.8 Å². The van der Waals surface area contributed by atoms with Crippen molar-refractivity contribution in [1.29, 1.82) is 0 Å². The van der Waals surface area contributed by atoms with Crippen LogP contribution in [0, 0.1) is 5.41 Å². The van der Waals surface area contributed by atoms with Crippen molar-refractivity contribution < 1.29 is 14.3 Å². The quantitative estimate of drug-likeness (QED) is 0.837. The zero-order valence-electron chi connectivity index (χ0n) is 9.26. The van der Waals surface area contributed by atoms with E-state index in [4.69, 9.17) is 5.11 Å². The van der Waals surface area contributed by atoms with Gasteiger partial charge in [0.2, 0.25) is 0 Å². The Bertz CT molecular complexity index is 354. The number of halogens is 2. The van der Waals surface area contributed by atoms with E-state index in [-0.39, 0.29) is 18.3 Å². The second kappa shape index (κ2) is 5.10. The molecule has 0 saturated heterocycles. The predicted octanol–water partition coefficient (Wildman–Crippen LogP) is 2.59. The highest BCUT2D eigenvalue weighted by molar-refractivity contribution is 9.11. The third-order valence-corrected chi connectivity index (χ3v) is 4.16. The highest BCUT2D eigenvalue weighted by Crippen LogP contribution is 2.43. The number of rotatable bonds is 4. The first kappa shape index (κ1) is 13.4. The first-order valence-corrected chi connectivity index (χ1v) is 5.82. The summed E-state index contributed by atoms with van der Waals surface area (Å²) in [7, 11) is 1.72. The molecule has 3 nitrogen and oxygen atoms in total. The largest absolute Gasteiger partial charge is 0.481 e. The maximum absolute atomic E-state index is 13.0. The SMILES string of the molecule is CNC(CC(=O)O)C1(C)CC=C(F)C=C1Br. The molecule has 0 aliphatic heterocycles. The van der Waals surface area contributed by atoms with Gasteiger partial charge in [0.1, 0.15) is 5.83 Å². The molecule has 0 amide bonds. The molecular weight excluding hydrogens is 277 g/mol. The molecule has 90 valence electrons. The summed E-state index contributed by atoms with van der Waals surface area (Å²) >= 11 is 3.33. The molecule has 0 radical (unpaired) electrons. The topological polar surface area (TPSA) is 49.3 Å². The number of carbonyl (C=O) groups is 1. The van der Waals surface area contributed by atoms with Crippen LogP contribution in [0.15, 0.2) is 22.5 Å². The first-order chi connectivity index (χ1) is 7.40. The molecular formula is C11H15BrFNO2. The van der Waals surface area contributed by atoms with E-state index in [0.29, 0.717) is 10.9 Å².